The molecule has 2 heterocycles. The molecule has 1 N–H and O–H groups in total. The molecule has 92 valence electrons. The van der Waals surface area contributed by atoms with Gasteiger partial charge in [0.1, 0.15) is 5.69 Å². The van der Waals surface area contributed by atoms with Gasteiger partial charge in [0.05, 0.1) is 6.20 Å². The maximum atomic E-state index is 12.2. The number of aromatic nitrogens is 2. The third-order valence-electron chi connectivity index (χ3n) is 3.25. The van der Waals surface area contributed by atoms with Gasteiger partial charge in [-0.2, -0.15) is 0 Å². The number of hydrogen-bond acceptors (Lipinski definition) is 3. The highest BCUT2D eigenvalue weighted by molar-refractivity contribution is 5.92. The summed E-state index contributed by atoms with van der Waals surface area (Å²) in [5.41, 5.74) is 0.0391. The predicted octanol–water partition coefficient (Wildman–Crippen LogP) is 1.17. The molecule has 0 aromatic carbocycles. The molecule has 1 fully saturated rings. The summed E-state index contributed by atoms with van der Waals surface area (Å²) >= 11 is 0. The molecule has 5 nitrogen and oxygen atoms in total. The molecule has 2 rings (SSSR count). The Morgan fingerprint density at radius 2 is 2.41 bits per heavy atom. The number of amides is 1. The van der Waals surface area contributed by atoms with Crippen molar-refractivity contribution in [3.8, 4) is 0 Å². The number of nitrogens with one attached hydrogen (secondary N) is 1. The Morgan fingerprint density at radius 3 is 3.06 bits per heavy atom. The third kappa shape index (κ3) is 2.54. The van der Waals surface area contributed by atoms with E-state index in [1.54, 1.807) is 0 Å². The van der Waals surface area contributed by atoms with Crippen LogP contribution in [0, 0.1) is 0 Å². The largest absolute Gasteiger partial charge is 0.334 e. The lowest BCUT2D eigenvalue weighted by molar-refractivity contribution is 0.0601. The van der Waals surface area contributed by atoms with Crippen molar-refractivity contribution in [2.45, 2.75) is 38.6 Å². The lowest BCUT2D eigenvalue weighted by Crippen LogP contribution is -2.43. The monoisotopic (exact) mass is 235 g/mol. The van der Waals surface area contributed by atoms with Crippen LogP contribution < -0.4 is 5.56 Å². The summed E-state index contributed by atoms with van der Waals surface area (Å²) < 4.78 is 0. The highest BCUT2D eigenvalue weighted by Crippen LogP contribution is 2.20. The molecule has 1 amide bonds. The standard InChI is InChI=1S/C12H17N3O2/c1-2-9-5-3-4-6-15(9)12(17)10-7-14-11(16)8-13-10/h7-9H,2-6H2,1H3,(H,14,16). The van der Waals surface area contributed by atoms with Crippen molar-refractivity contribution >= 4 is 5.91 Å². The van der Waals surface area contributed by atoms with Crippen LogP contribution in [0.4, 0.5) is 0 Å². The van der Waals surface area contributed by atoms with E-state index in [0.717, 1.165) is 32.0 Å². The summed E-state index contributed by atoms with van der Waals surface area (Å²) in [6.07, 6.45) is 6.80. The minimum Gasteiger partial charge on any atom is -0.334 e. The van der Waals surface area contributed by atoms with Crippen molar-refractivity contribution in [2.24, 2.45) is 0 Å². The van der Waals surface area contributed by atoms with Gasteiger partial charge < -0.3 is 9.88 Å². The van der Waals surface area contributed by atoms with Crippen LogP contribution in [0.3, 0.4) is 0 Å². The van der Waals surface area contributed by atoms with Gasteiger partial charge in [-0.05, 0) is 25.7 Å². The second-order valence-corrected chi connectivity index (χ2v) is 4.35. The van der Waals surface area contributed by atoms with Crippen LogP contribution in [0.15, 0.2) is 17.2 Å². The number of carbonyl (C=O) groups is 1. The summed E-state index contributed by atoms with van der Waals surface area (Å²) in [6, 6.07) is 0.310. The third-order valence-corrected chi connectivity index (χ3v) is 3.25. The van der Waals surface area contributed by atoms with Crippen LogP contribution in [-0.4, -0.2) is 33.4 Å². The first-order valence-corrected chi connectivity index (χ1v) is 6.08. The number of H-pyrrole nitrogens is 1. The van der Waals surface area contributed by atoms with Crippen molar-refractivity contribution in [1.29, 1.82) is 0 Å². The molecule has 1 atom stereocenters. The lowest BCUT2D eigenvalue weighted by atomic mass is 10.00. The van der Waals surface area contributed by atoms with Gasteiger partial charge >= 0.3 is 0 Å². The summed E-state index contributed by atoms with van der Waals surface area (Å²) in [5.74, 6) is -0.0761. The summed E-state index contributed by atoms with van der Waals surface area (Å²) in [7, 11) is 0. The second kappa shape index (κ2) is 5.12. The molecular weight excluding hydrogens is 218 g/mol. The minimum atomic E-state index is -0.285. The maximum absolute atomic E-state index is 12.2. The van der Waals surface area contributed by atoms with Gasteiger partial charge in [0.25, 0.3) is 11.5 Å². The Labute approximate surface area is 99.9 Å². The fourth-order valence-electron chi connectivity index (χ4n) is 2.30. The molecule has 17 heavy (non-hydrogen) atoms. The number of aromatic amines is 1. The van der Waals surface area contributed by atoms with E-state index in [1.165, 1.54) is 12.6 Å². The Balaban J connectivity index is 2.18. The van der Waals surface area contributed by atoms with E-state index < -0.39 is 0 Å². The van der Waals surface area contributed by atoms with Crippen LogP contribution in [0.1, 0.15) is 43.1 Å². The van der Waals surface area contributed by atoms with E-state index in [9.17, 15) is 9.59 Å². The van der Waals surface area contributed by atoms with Gasteiger partial charge in [-0.25, -0.2) is 4.98 Å². The van der Waals surface area contributed by atoms with Gasteiger partial charge in [0.15, 0.2) is 0 Å². The minimum absolute atomic E-state index is 0.0761. The molecule has 1 unspecified atom stereocenters. The van der Waals surface area contributed by atoms with Crippen molar-refractivity contribution in [3.05, 3.63) is 28.4 Å². The number of rotatable bonds is 2. The Kier molecular flexibility index (Phi) is 3.56. The van der Waals surface area contributed by atoms with E-state index in [2.05, 4.69) is 16.9 Å². The van der Waals surface area contributed by atoms with Gasteiger partial charge in [-0.1, -0.05) is 6.92 Å². The zero-order chi connectivity index (χ0) is 12.3. The van der Waals surface area contributed by atoms with Gasteiger partial charge in [-0.3, -0.25) is 9.59 Å². The van der Waals surface area contributed by atoms with E-state index in [1.807, 2.05) is 4.90 Å². The first-order chi connectivity index (χ1) is 8.22. The number of hydrogen-bond donors (Lipinski definition) is 1. The zero-order valence-corrected chi connectivity index (χ0v) is 9.98. The molecule has 0 spiro atoms. The van der Waals surface area contributed by atoms with Crippen molar-refractivity contribution in [3.63, 3.8) is 0 Å². The molecule has 1 aliphatic rings. The molecule has 1 aromatic rings. The number of carbonyl (C=O) groups excluding carboxylic acids is 1. The van der Waals surface area contributed by atoms with Crippen molar-refractivity contribution < 1.29 is 4.79 Å². The second-order valence-electron chi connectivity index (χ2n) is 4.35. The van der Waals surface area contributed by atoms with Crippen molar-refractivity contribution in [1.82, 2.24) is 14.9 Å². The van der Waals surface area contributed by atoms with Crippen LogP contribution in [0.2, 0.25) is 0 Å². The molecular formula is C12H17N3O2. The SMILES string of the molecule is CCC1CCCCN1C(=O)c1c[nH]c(=O)cn1. The average Bonchev–Trinajstić information content (AvgIpc) is 2.39. The average molecular weight is 235 g/mol. The predicted molar refractivity (Wildman–Crippen MR) is 63.8 cm³/mol. The summed E-state index contributed by atoms with van der Waals surface area (Å²) in [5, 5.41) is 0. The zero-order valence-electron chi connectivity index (χ0n) is 9.98. The molecule has 0 radical (unpaired) electrons. The van der Waals surface area contributed by atoms with Crippen LogP contribution in [0.25, 0.3) is 0 Å². The van der Waals surface area contributed by atoms with E-state index in [0.29, 0.717) is 11.7 Å². The number of likely N-dealkylation sites (tertiary alicyclic amines) is 1. The quantitative estimate of drug-likeness (QED) is 0.837. The Bertz CT molecular complexity index is 435. The molecule has 0 aliphatic carbocycles. The molecule has 5 heteroatoms. The molecule has 0 saturated carbocycles. The highest BCUT2D eigenvalue weighted by Gasteiger charge is 2.26. The molecule has 1 aliphatic heterocycles. The fourth-order valence-corrected chi connectivity index (χ4v) is 2.30. The molecule has 1 saturated heterocycles. The smallest absolute Gasteiger partial charge is 0.274 e. The van der Waals surface area contributed by atoms with E-state index >= 15 is 0 Å². The van der Waals surface area contributed by atoms with Gasteiger partial charge in [0, 0.05) is 18.8 Å². The Hall–Kier alpha value is -1.65. The summed E-state index contributed by atoms with van der Waals surface area (Å²) in [6.45, 7) is 2.88. The maximum Gasteiger partial charge on any atom is 0.274 e. The Morgan fingerprint density at radius 1 is 1.59 bits per heavy atom. The molecule has 1 aromatic heterocycles. The molecule has 0 bridgehead atoms. The van der Waals surface area contributed by atoms with Crippen LogP contribution in [-0.2, 0) is 0 Å². The van der Waals surface area contributed by atoms with E-state index in [-0.39, 0.29) is 11.5 Å². The van der Waals surface area contributed by atoms with E-state index in [4.69, 9.17) is 0 Å². The number of nitrogens with zero attached hydrogens (tertiary/aromatic N) is 2. The first-order valence-electron chi connectivity index (χ1n) is 6.08. The van der Waals surface area contributed by atoms with Gasteiger partial charge in [-0.15, -0.1) is 0 Å². The topological polar surface area (TPSA) is 66.1 Å². The lowest BCUT2D eigenvalue weighted by Gasteiger charge is -2.34. The van der Waals surface area contributed by atoms with Crippen molar-refractivity contribution in [2.75, 3.05) is 6.54 Å². The number of piperidine rings is 1. The normalized spacial score (nSPS) is 20.3. The van der Waals surface area contributed by atoms with Crippen LogP contribution in [0.5, 0.6) is 0 Å². The van der Waals surface area contributed by atoms with Gasteiger partial charge in [0.2, 0.25) is 0 Å². The first kappa shape index (κ1) is 11.8. The highest BCUT2D eigenvalue weighted by atomic mass is 16.2. The fraction of sp³-hybridized carbons (Fsp3) is 0.583. The van der Waals surface area contributed by atoms with Crippen LogP contribution >= 0.6 is 0 Å². The summed E-state index contributed by atoms with van der Waals surface area (Å²) in [4.78, 5) is 31.4.